The van der Waals surface area contributed by atoms with Crippen molar-refractivity contribution in [2.24, 2.45) is 5.92 Å². The molecule has 2 aromatic carbocycles. The van der Waals surface area contributed by atoms with Gasteiger partial charge in [0.2, 0.25) is 15.9 Å². The number of hydrogen-bond donors (Lipinski definition) is 2. The van der Waals surface area contributed by atoms with Gasteiger partial charge in [-0.25, -0.2) is 8.42 Å². The van der Waals surface area contributed by atoms with E-state index in [2.05, 4.69) is 10.6 Å². The fraction of sp³-hybridized carbons (Fsp3) is 0.391. The lowest BCUT2D eigenvalue weighted by atomic mass is 9.97. The van der Waals surface area contributed by atoms with Crippen molar-refractivity contribution in [3.63, 3.8) is 0 Å². The van der Waals surface area contributed by atoms with E-state index < -0.39 is 16.1 Å². The van der Waals surface area contributed by atoms with Gasteiger partial charge in [-0.3, -0.25) is 9.59 Å². The van der Waals surface area contributed by atoms with Crippen molar-refractivity contribution >= 4 is 44.8 Å². The van der Waals surface area contributed by atoms with E-state index in [4.69, 9.17) is 16.3 Å². The number of nitrogens with zero attached hydrogens (tertiary/aromatic N) is 1. The van der Waals surface area contributed by atoms with Crippen LogP contribution in [0.4, 0.5) is 11.4 Å². The standard InChI is InChI=1S/C23H26ClN3O5S/c1-13-4-5-17(11-18(13)24)25-23(29)16-6-8-27(9-7-16)33(30,31)21-12-20-19(10-14(21)2)26-22(28)15(3)32-20/h4-5,10-12,15-16H,6-9H2,1-3H3,(H,25,29)(H,26,28)/t15-/m0/s1. The highest BCUT2D eigenvalue weighted by atomic mass is 35.5. The van der Waals surface area contributed by atoms with Gasteiger partial charge in [0.05, 0.1) is 10.6 Å². The van der Waals surface area contributed by atoms with Crippen molar-refractivity contribution in [3.05, 3.63) is 46.5 Å². The summed E-state index contributed by atoms with van der Waals surface area (Å²) in [6.07, 6.45) is 0.129. The molecule has 2 aromatic rings. The molecule has 8 nitrogen and oxygen atoms in total. The maximum absolute atomic E-state index is 13.3. The Balaban J connectivity index is 1.45. The molecule has 10 heteroatoms. The van der Waals surface area contributed by atoms with Gasteiger partial charge in [0.15, 0.2) is 6.10 Å². The average molecular weight is 492 g/mol. The minimum Gasteiger partial charge on any atom is -0.479 e. The first-order valence-electron chi connectivity index (χ1n) is 10.8. The summed E-state index contributed by atoms with van der Waals surface area (Å²) in [7, 11) is -3.78. The number of sulfonamides is 1. The first kappa shape index (κ1) is 23.5. The van der Waals surface area contributed by atoms with E-state index in [9.17, 15) is 18.0 Å². The average Bonchev–Trinajstić information content (AvgIpc) is 2.77. The fourth-order valence-electron chi connectivity index (χ4n) is 4.03. The van der Waals surface area contributed by atoms with Crippen molar-refractivity contribution in [1.29, 1.82) is 0 Å². The second kappa shape index (κ2) is 8.96. The van der Waals surface area contributed by atoms with Crippen LogP contribution in [0.15, 0.2) is 35.2 Å². The van der Waals surface area contributed by atoms with Crippen LogP contribution in [0.25, 0.3) is 0 Å². The van der Waals surface area contributed by atoms with Crippen LogP contribution in [-0.4, -0.2) is 43.7 Å². The molecule has 0 saturated carbocycles. The number of piperidine rings is 1. The molecule has 1 fully saturated rings. The summed E-state index contributed by atoms with van der Waals surface area (Å²) in [4.78, 5) is 24.7. The Morgan fingerprint density at radius 2 is 1.85 bits per heavy atom. The smallest absolute Gasteiger partial charge is 0.265 e. The number of rotatable bonds is 4. The van der Waals surface area contributed by atoms with Crippen LogP contribution in [0, 0.1) is 19.8 Å². The maximum atomic E-state index is 13.3. The maximum Gasteiger partial charge on any atom is 0.265 e. The molecule has 1 saturated heterocycles. The van der Waals surface area contributed by atoms with Gasteiger partial charge in [-0.1, -0.05) is 17.7 Å². The first-order chi connectivity index (χ1) is 15.6. The molecule has 0 spiro atoms. The summed E-state index contributed by atoms with van der Waals surface area (Å²) in [6.45, 7) is 5.65. The van der Waals surface area contributed by atoms with Gasteiger partial charge < -0.3 is 15.4 Å². The second-order valence-corrected chi connectivity index (χ2v) is 10.8. The molecular weight excluding hydrogens is 466 g/mol. The fourth-order valence-corrected chi connectivity index (χ4v) is 5.91. The number of nitrogens with one attached hydrogen (secondary N) is 2. The van der Waals surface area contributed by atoms with Gasteiger partial charge in [-0.2, -0.15) is 4.31 Å². The zero-order chi connectivity index (χ0) is 23.9. The Morgan fingerprint density at radius 1 is 1.15 bits per heavy atom. The Bertz CT molecular complexity index is 1220. The summed E-state index contributed by atoms with van der Waals surface area (Å²) >= 11 is 6.13. The number of benzene rings is 2. The van der Waals surface area contributed by atoms with Crippen molar-refractivity contribution in [3.8, 4) is 5.75 Å². The van der Waals surface area contributed by atoms with Gasteiger partial charge in [-0.05, 0) is 62.9 Å². The molecule has 4 rings (SSSR count). The van der Waals surface area contributed by atoms with Crippen LogP contribution in [0.5, 0.6) is 5.75 Å². The van der Waals surface area contributed by atoms with E-state index in [1.807, 2.05) is 13.0 Å². The molecule has 2 heterocycles. The van der Waals surface area contributed by atoms with E-state index in [1.54, 1.807) is 32.0 Å². The summed E-state index contributed by atoms with van der Waals surface area (Å²) < 4.78 is 33.7. The molecule has 176 valence electrons. The molecule has 0 aliphatic carbocycles. The van der Waals surface area contributed by atoms with Crippen LogP contribution in [0.3, 0.4) is 0 Å². The minimum absolute atomic E-state index is 0.141. The third kappa shape index (κ3) is 4.71. The molecule has 2 aliphatic heterocycles. The third-order valence-corrected chi connectivity index (χ3v) is 8.54. The largest absolute Gasteiger partial charge is 0.479 e. The van der Waals surface area contributed by atoms with E-state index in [0.717, 1.165) is 5.56 Å². The van der Waals surface area contributed by atoms with E-state index in [0.29, 0.717) is 40.6 Å². The van der Waals surface area contributed by atoms with Gasteiger partial charge in [0.25, 0.3) is 5.91 Å². The van der Waals surface area contributed by atoms with Gasteiger partial charge in [-0.15, -0.1) is 0 Å². The quantitative estimate of drug-likeness (QED) is 0.678. The summed E-state index contributed by atoms with van der Waals surface area (Å²) in [6, 6.07) is 8.42. The van der Waals surface area contributed by atoms with E-state index >= 15 is 0 Å². The zero-order valence-electron chi connectivity index (χ0n) is 18.6. The van der Waals surface area contributed by atoms with Gasteiger partial charge in [0, 0.05) is 35.8 Å². The number of hydrogen-bond acceptors (Lipinski definition) is 5. The highest BCUT2D eigenvalue weighted by molar-refractivity contribution is 7.89. The normalized spacial score (nSPS) is 19.4. The highest BCUT2D eigenvalue weighted by Crippen LogP contribution is 2.36. The van der Waals surface area contributed by atoms with E-state index in [1.165, 1.54) is 10.4 Å². The molecule has 2 amide bonds. The van der Waals surface area contributed by atoms with Crippen LogP contribution >= 0.6 is 11.6 Å². The Hall–Kier alpha value is -2.62. The minimum atomic E-state index is -3.78. The molecule has 0 radical (unpaired) electrons. The molecule has 33 heavy (non-hydrogen) atoms. The molecule has 0 bridgehead atoms. The summed E-state index contributed by atoms with van der Waals surface area (Å²) in [5, 5.41) is 6.18. The Labute approximate surface area is 198 Å². The monoisotopic (exact) mass is 491 g/mol. The Kier molecular flexibility index (Phi) is 6.39. The number of aryl methyl sites for hydroxylation is 2. The van der Waals surface area contributed by atoms with Crippen molar-refractivity contribution in [2.75, 3.05) is 23.7 Å². The summed E-state index contributed by atoms with van der Waals surface area (Å²) in [5.74, 6) is -0.376. The van der Waals surface area contributed by atoms with Crippen molar-refractivity contribution in [1.82, 2.24) is 4.31 Å². The number of carbonyl (C=O) groups excluding carboxylic acids is 2. The number of halogens is 1. The molecule has 2 aliphatic rings. The number of fused-ring (bicyclic) bond motifs is 1. The van der Waals surface area contributed by atoms with Crippen LogP contribution in [-0.2, 0) is 19.6 Å². The zero-order valence-corrected chi connectivity index (χ0v) is 20.2. The second-order valence-electron chi connectivity index (χ2n) is 8.49. The molecule has 1 atom stereocenters. The van der Waals surface area contributed by atoms with Crippen LogP contribution in [0.2, 0.25) is 5.02 Å². The lowest BCUT2D eigenvalue weighted by Crippen LogP contribution is -2.41. The van der Waals surface area contributed by atoms with Crippen LogP contribution < -0.4 is 15.4 Å². The third-order valence-electron chi connectivity index (χ3n) is 6.09. The van der Waals surface area contributed by atoms with Crippen molar-refractivity contribution in [2.45, 2.75) is 44.6 Å². The van der Waals surface area contributed by atoms with Crippen LogP contribution in [0.1, 0.15) is 30.9 Å². The van der Waals surface area contributed by atoms with Gasteiger partial charge >= 0.3 is 0 Å². The predicted octanol–water partition coefficient (Wildman–Crippen LogP) is 3.72. The Morgan fingerprint density at radius 3 is 2.52 bits per heavy atom. The molecule has 2 N–H and O–H groups in total. The number of anilines is 2. The number of ether oxygens (including phenoxy) is 1. The SMILES string of the molecule is Cc1ccc(NC(=O)C2CCN(S(=O)(=O)c3cc4c(cc3C)NC(=O)[C@H](C)O4)CC2)cc1Cl. The highest BCUT2D eigenvalue weighted by Gasteiger charge is 2.34. The lowest BCUT2D eigenvalue weighted by molar-refractivity contribution is -0.123. The molecule has 0 aromatic heterocycles. The number of amides is 2. The topological polar surface area (TPSA) is 105 Å². The summed E-state index contributed by atoms with van der Waals surface area (Å²) in [5.41, 5.74) is 2.52. The molecule has 0 unspecified atom stereocenters. The lowest BCUT2D eigenvalue weighted by Gasteiger charge is -2.31. The molecular formula is C23H26ClN3O5S. The predicted molar refractivity (Wildman–Crippen MR) is 126 cm³/mol. The first-order valence-corrected chi connectivity index (χ1v) is 12.6. The number of carbonyl (C=O) groups is 2. The van der Waals surface area contributed by atoms with Gasteiger partial charge in [0.1, 0.15) is 5.75 Å². The van der Waals surface area contributed by atoms with E-state index in [-0.39, 0.29) is 35.7 Å². The van der Waals surface area contributed by atoms with Crippen molar-refractivity contribution < 1.29 is 22.7 Å².